The van der Waals surface area contributed by atoms with Crippen LogP contribution in [0, 0.1) is 40.4 Å². The highest BCUT2D eigenvalue weighted by molar-refractivity contribution is 5.76. The monoisotopic (exact) mass is 512 g/mol. The maximum absolute atomic E-state index is 12.9. The SMILES string of the molecule is CC[C@H]1CC[C@H]2[C@@H]3CC[C@@H]4CCC(OC(=O)C5OC(O)C(O)C(O)C5O)C(O)(O)[C@]4(C)[C@H]3CC[C@]12C. The summed E-state index contributed by atoms with van der Waals surface area (Å²) in [5.74, 6) is -1.47. The van der Waals surface area contributed by atoms with Crippen molar-refractivity contribution in [3.8, 4) is 0 Å². The Morgan fingerprint density at radius 1 is 0.889 bits per heavy atom. The van der Waals surface area contributed by atoms with Crippen LogP contribution < -0.4 is 0 Å². The number of esters is 1. The van der Waals surface area contributed by atoms with E-state index in [4.69, 9.17) is 9.47 Å². The van der Waals surface area contributed by atoms with Gasteiger partial charge in [-0.05, 0) is 86.4 Å². The van der Waals surface area contributed by atoms with E-state index in [1.807, 2.05) is 6.92 Å². The van der Waals surface area contributed by atoms with Gasteiger partial charge in [-0.2, -0.15) is 0 Å². The lowest BCUT2D eigenvalue weighted by molar-refractivity contribution is -0.353. The molecule has 6 N–H and O–H groups in total. The molecule has 1 saturated heterocycles. The zero-order valence-corrected chi connectivity index (χ0v) is 21.6. The molecule has 13 atom stereocenters. The normalized spacial score (nSPS) is 54.2. The number of aliphatic hydroxyl groups excluding tert-OH is 4. The minimum Gasteiger partial charge on any atom is -0.455 e. The van der Waals surface area contributed by atoms with Crippen molar-refractivity contribution in [3.05, 3.63) is 0 Å². The van der Waals surface area contributed by atoms with Crippen LogP contribution in [-0.4, -0.2) is 79.2 Å². The van der Waals surface area contributed by atoms with E-state index in [1.54, 1.807) is 0 Å². The molecule has 206 valence electrons. The topological polar surface area (TPSA) is 157 Å². The van der Waals surface area contributed by atoms with E-state index in [0.717, 1.165) is 25.7 Å². The molecule has 5 fully saturated rings. The molecule has 0 amide bonds. The molecule has 6 unspecified atom stereocenters. The molecule has 36 heavy (non-hydrogen) atoms. The molecule has 5 aliphatic rings. The summed E-state index contributed by atoms with van der Waals surface area (Å²) >= 11 is 0. The van der Waals surface area contributed by atoms with Crippen molar-refractivity contribution in [3.63, 3.8) is 0 Å². The average Bonchev–Trinajstić information content (AvgIpc) is 3.18. The molecule has 0 radical (unpaired) electrons. The molecule has 9 nitrogen and oxygen atoms in total. The second kappa shape index (κ2) is 9.14. The van der Waals surface area contributed by atoms with Gasteiger partial charge in [0.25, 0.3) is 0 Å². The number of carbonyl (C=O) groups is 1. The summed E-state index contributed by atoms with van der Waals surface area (Å²) in [6.45, 7) is 6.68. The Kier molecular flexibility index (Phi) is 6.80. The van der Waals surface area contributed by atoms with Crippen molar-refractivity contribution in [2.75, 3.05) is 0 Å². The Labute approximate surface area is 212 Å². The van der Waals surface area contributed by atoms with Crippen LogP contribution >= 0.6 is 0 Å². The first-order chi connectivity index (χ1) is 16.9. The van der Waals surface area contributed by atoms with Crippen LogP contribution in [0.3, 0.4) is 0 Å². The van der Waals surface area contributed by atoms with Crippen LogP contribution in [0.5, 0.6) is 0 Å². The van der Waals surface area contributed by atoms with Gasteiger partial charge in [-0.1, -0.05) is 27.2 Å². The summed E-state index contributed by atoms with van der Waals surface area (Å²) in [6.07, 6.45) is -1.69. The Bertz CT molecular complexity index is 849. The third kappa shape index (κ3) is 3.64. The predicted octanol–water partition coefficient (Wildman–Crippen LogP) is 1.06. The fourth-order valence-electron chi connectivity index (χ4n) is 9.53. The summed E-state index contributed by atoms with van der Waals surface area (Å²) in [5, 5.41) is 63.1. The van der Waals surface area contributed by atoms with E-state index in [2.05, 4.69) is 13.8 Å². The highest BCUT2D eigenvalue weighted by Gasteiger charge is 2.68. The quantitative estimate of drug-likeness (QED) is 0.240. The summed E-state index contributed by atoms with van der Waals surface area (Å²) in [5.41, 5.74) is -0.556. The first-order valence-corrected chi connectivity index (χ1v) is 13.9. The molecule has 4 saturated carbocycles. The maximum Gasteiger partial charge on any atom is 0.338 e. The fraction of sp³-hybridized carbons (Fsp3) is 0.963. The number of ether oxygens (including phenoxy) is 2. The average molecular weight is 513 g/mol. The number of fused-ring (bicyclic) bond motifs is 5. The van der Waals surface area contributed by atoms with Crippen LogP contribution in [0.1, 0.15) is 78.6 Å². The van der Waals surface area contributed by atoms with E-state index in [9.17, 15) is 35.4 Å². The van der Waals surface area contributed by atoms with E-state index in [1.165, 1.54) is 19.3 Å². The second-order valence-electron chi connectivity index (χ2n) is 12.8. The Balaban J connectivity index is 1.37. The summed E-state index contributed by atoms with van der Waals surface area (Å²) in [6, 6.07) is 0. The summed E-state index contributed by atoms with van der Waals surface area (Å²) < 4.78 is 10.6. The molecular formula is C27H44O9. The van der Waals surface area contributed by atoms with Crippen molar-refractivity contribution in [2.24, 2.45) is 40.4 Å². The zero-order chi connectivity index (χ0) is 26.2. The van der Waals surface area contributed by atoms with Gasteiger partial charge in [0.1, 0.15) is 18.3 Å². The van der Waals surface area contributed by atoms with Gasteiger partial charge in [0.2, 0.25) is 5.79 Å². The van der Waals surface area contributed by atoms with Crippen molar-refractivity contribution in [1.82, 2.24) is 0 Å². The standard InChI is InChI=1S/C27H44O9/c1-4-13-6-9-16-15-8-5-14-7-10-18(27(33,34)26(14,3)17(15)11-12-25(13,16)2)35-24(32)22-20(29)19(28)21(30)23(31)36-22/h13-23,28-31,33-34H,4-12H2,1-3H3/t13-,14+,15-,16-,17-,18?,19?,20?,21?,22?,23?,25+,26-/m0/s1. The molecule has 0 aromatic carbocycles. The maximum atomic E-state index is 12.9. The van der Waals surface area contributed by atoms with Gasteiger partial charge in [0, 0.05) is 5.41 Å². The fourth-order valence-corrected chi connectivity index (χ4v) is 9.53. The second-order valence-corrected chi connectivity index (χ2v) is 12.8. The van der Waals surface area contributed by atoms with Gasteiger partial charge in [-0.3, -0.25) is 0 Å². The van der Waals surface area contributed by atoms with Crippen LogP contribution in [0.2, 0.25) is 0 Å². The van der Waals surface area contributed by atoms with E-state index >= 15 is 0 Å². The smallest absolute Gasteiger partial charge is 0.338 e. The molecule has 1 aliphatic heterocycles. The lowest BCUT2D eigenvalue weighted by Gasteiger charge is -2.64. The minimum absolute atomic E-state index is 0.103. The largest absolute Gasteiger partial charge is 0.455 e. The zero-order valence-electron chi connectivity index (χ0n) is 21.6. The minimum atomic E-state index is -2.28. The van der Waals surface area contributed by atoms with Crippen LogP contribution in [0.15, 0.2) is 0 Å². The van der Waals surface area contributed by atoms with E-state index in [-0.39, 0.29) is 18.3 Å². The van der Waals surface area contributed by atoms with Gasteiger partial charge < -0.3 is 40.1 Å². The Morgan fingerprint density at radius 2 is 1.58 bits per heavy atom. The van der Waals surface area contributed by atoms with Crippen molar-refractivity contribution in [2.45, 2.75) is 121 Å². The van der Waals surface area contributed by atoms with Crippen LogP contribution in [-0.2, 0) is 14.3 Å². The van der Waals surface area contributed by atoms with Gasteiger partial charge in [-0.15, -0.1) is 0 Å². The molecule has 9 heteroatoms. The number of hydrogen-bond acceptors (Lipinski definition) is 9. The first-order valence-electron chi connectivity index (χ1n) is 13.9. The van der Waals surface area contributed by atoms with Gasteiger partial charge in [0.15, 0.2) is 18.5 Å². The molecule has 0 aromatic heterocycles. The van der Waals surface area contributed by atoms with Gasteiger partial charge >= 0.3 is 5.97 Å². The van der Waals surface area contributed by atoms with E-state index in [0.29, 0.717) is 29.6 Å². The molecular weight excluding hydrogens is 468 g/mol. The van der Waals surface area contributed by atoms with Crippen LogP contribution in [0.4, 0.5) is 0 Å². The van der Waals surface area contributed by atoms with Crippen molar-refractivity contribution < 1.29 is 44.9 Å². The van der Waals surface area contributed by atoms with Gasteiger partial charge in [0.05, 0.1) is 0 Å². The molecule has 4 aliphatic carbocycles. The molecule has 0 bridgehead atoms. The van der Waals surface area contributed by atoms with Crippen LogP contribution in [0.25, 0.3) is 0 Å². The van der Waals surface area contributed by atoms with E-state index < -0.39 is 54.0 Å². The Hall–Kier alpha value is -0.810. The lowest BCUT2D eigenvalue weighted by atomic mass is 9.43. The first kappa shape index (κ1) is 26.8. The highest BCUT2D eigenvalue weighted by atomic mass is 16.7. The van der Waals surface area contributed by atoms with Crippen molar-refractivity contribution >= 4 is 5.97 Å². The summed E-state index contributed by atoms with van der Waals surface area (Å²) in [7, 11) is 0. The summed E-state index contributed by atoms with van der Waals surface area (Å²) in [4.78, 5) is 12.9. The Morgan fingerprint density at radius 3 is 2.28 bits per heavy atom. The highest BCUT2D eigenvalue weighted by Crippen LogP contribution is 2.69. The molecule has 0 aromatic rings. The molecule has 0 spiro atoms. The van der Waals surface area contributed by atoms with Crippen molar-refractivity contribution in [1.29, 1.82) is 0 Å². The van der Waals surface area contributed by atoms with Gasteiger partial charge in [-0.25, -0.2) is 4.79 Å². The molecule has 1 heterocycles. The lowest BCUT2D eigenvalue weighted by Crippen LogP contribution is -2.69. The number of aliphatic hydroxyl groups is 6. The number of hydrogen-bond donors (Lipinski definition) is 6. The third-order valence-electron chi connectivity index (χ3n) is 11.7. The third-order valence-corrected chi connectivity index (χ3v) is 11.7. The number of carbonyl (C=O) groups excluding carboxylic acids is 1. The molecule has 5 rings (SSSR count). The number of rotatable bonds is 3. The predicted molar refractivity (Wildman–Crippen MR) is 127 cm³/mol.